The highest BCUT2D eigenvalue weighted by atomic mass is 19.4. The number of carbonyl (C=O) groups is 3. The van der Waals surface area contributed by atoms with Crippen LogP contribution in [0, 0.1) is 0 Å². The van der Waals surface area contributed by atoms with E-state index in [4.69, 9.17) is 0 Å². The number of hydrogen-bond donors (Lipinski definition) is 2. The summed E-state index contributed by atoms with van der Waals surface area (Å²) in [6.45, 7) is 0. The molecule has 1 atom stereocenters. The molecular formula is C15H13F3N2O4. The number of nitrogens with one attached hydrogen (secondary N) is 1. The average molecular weight is 342 g/mol. The predicted molar refractivity (Wildman–Crippen MR) is 73.9 cm³/mol. The second kappa shape index (κ2) is 5.50. The van der Waals surface area contributed by atoms with Crippen molar-refractivity contribution < 1.29 is 32.7 Å². The molecule has 1 saturated heterocycles. The van der Waals surface area contributed by atoms with Crippen molar-refractivity contribution >= 4 is 17.7 Å². The number of phenols is 1. The summed E-state index contributed by atoms with van der Waals surface area (Å²) in [6, 6.07) is 0.778. The van der Waals surface area contributed by atoms with Gasteiger partial charge in [-0.2, -0.15) is 13.2 Å². The molecule has 0 spiro atoms. The van der Waals surface area contributed by atoms with Crippen molar-refractivity contribution in [1.82, 2.24) is 10.2 Å². The number of imide groups is 1. The number of nitrogens with zero attached hydrogens (tertiary/aromatic N) is 1. The molecule has 1 heterocycles. The van der Waals surface area contributed by atoms with Crippen LogP contribution < -0.4 is 5.32 Å². The third-order valence-corrected chi connectivity index (χ3v) is 4.01. The molecule has 1 aliphatic heterocycles. The monoisotopic (exact) mass is 342 g/mol. The van der Waals surface area contributed by atoms with Crippen LogP contribution in [0.2, 0.25) is 0 Å². The molecule has 0 bridgehead atoms. The number of alkyl halides is 3. The van der Waals surface area contributed by atoms with E-state index in [-0.39, 0.29) is 18.0 Å². The van der Waals surface area contributed by atoms with Gasteiger partial charge in [0, 0.05) is 6.04 Å². The zero-order valence-corrected chi connectivity index (χ0v) is 12.3. The predicted octanol–water partition coefficient (Wildman–Crippen LogP) is 1.43. The van der Waals surface area contributed by atoms with Crippen LogP contribution in [0.25, 0.3) is 0 Å². The smallest absolute Gasteiger partial charge is 0.416 e. The van der Waals surface area contributed by atoms with Crippen molar-refractivity contribution in [2.24, 2.45) is 0 Å². The Morgan fingerprint density at radius 2 is 1.92 bits per heavy atom. The molecule has 1 aromatic carbocycles. The Labute approximate surface area is 134 Å². The molecule has 0 radical (unpaired) electrons. The van der Waals surface area contributed by atoms with Gasteiger partial charge in [0.15, 0.2) is 0 Å². The summed E-state index contributed by atoms with van der Waals surface area (Å²) in [7, 11) is 0. The number of hydrogen-bond acceptors (Lipinski definition) is 4. The Bertz CT molecular complexity index is 728. The Balaban J connectivity index is 1.91. The number of benzene rings is 1. The van der Waals surface area contributed by atoms with E-state index in [1.54, 1.807) is 0 Å². The molecular weight excluding hydrogens is 329 g/mol. The highest BCUT2D eigenvalue weighted by molar-refractivity contribution is 6.08. The van der Waals surface area contributed by atoms with Gasteiger partial charge >= 0.3 is 6.18 Å². The van der Waals surface area contributed by atoms with E-state index >= 15 is 0 Å². The summed E-state index contributed by atoms with van der Waals surface area (Å²) < 4.78 is 37.9. The third-order valence-electron chi connectivity index (χ3n) is 4.01. The summed E-state index contributed by atoms with van der Waals surface area (Å²) >= 11 is 0. The van der Waals surface area contributed by atoms with Gasteiger partial charge in [-0.1, -0.05) is 0 Å². The largest absolute Gasteiger partial charge is 0.507 e. The SMILES string of the molecule is O=C1C[C@@H](N(C(=O)c2ccc(C(F)(F)F)cc2O)C2CC2)C(=O)N1. The van der Waals surface area contributed by atoms with Crippen LogP contribution in [0.1, 0.15) is 35.2 Å². The zero-order valence-electron chi connectivity index (χ0n) is 12.3. The van der Waals surface area contributed by atoms with Crippen molar-refractivity contribution in [3.8, 4) is 5.75 Å². The molecule has 1 aromatic rings. The fraction of sp³-hybridized carbons (Fsp3) is 0.400. The number of aromatic hydroxyl groups is 1. The summed E-state index contributed by atoms with van der Waals surface area (Å²) in [5.74, 6) is -2.71. The van der Waals surface area contributed by atoms with E-state index in [0.29, 0.717) is 25.0 Å². The minimum absolute atomic E-state index is 0.192. The summed E-state index contributed by atoms with van der Waals surface area (Å²) in [5.41, 5.74) is -1.41. The maximum atomic E-state index is 12.6. The van der Waals surface area contributed by atoms with Gasteiger partial charge in [0.1, 0.15) is 11.8 Å². The van der Waals surface area contributed by atoms with Gasteiger partial charge in [0.25, 0.3) is 5.91 Å². The maximum absolute atomic E-state index is 12.6. The van der Waals surface area contributed by atoms with E-state index in [1.807, 2.05) is 0 Å². The topological polar surface area (TPSA) is 86.7 Å². The minimum Gasteiger partial charge on any atom is -0.507 e. The van der Waals surface area contributed by atoms with E-state index in [1.165, 1.54) is 4.90 Å². The van der Waals surface area contributed by atoms with Crippen LogP contribution in [-0.4, -0.2) is 39.8 Å². The van der Waals surface area contributed by atoms with Crippen molar-refractivity contribution in [3.05, 3.63) is 29.3 Å². The van der Waals surface area contributed by atoms with Gasteiger partial charge in [-0.05, 0) is 31.0 Å². The van der Waals surface area contributed by atoms with Gasteiger partial charge in [-0.15, -0.1) is 0 Å². The molecule has 0 aromatic heterocycles. The van der Waals surface area contributed by atoms with E-state index in [0.717, 1.165) is 6.07 Å². The maximum Gasteiger partial charge on any atom is 0.416 e. The van der Waals surface area contributed by atoms with Crippen molar-refractivity contribution in [2.45, 2.75) is 37.5 Å². The average Bonchev–Trinajstić information content (AvgIpc) is 3.24. The van der Waals surface area contributed by atoms with E-state index in [9.17, 15) is 32.7 Å². The lowest BCUT2D eigenvalue weighted by Gasteiger charge is -2.27. The Morgan fingerprint density at radius 1 is 1.25 bits per heavy atom. The molecule has 1 saturated carbocycles. The Morgan fingerprint density at radius 3 is 2.38 bits per heavy atom. The van der Waals surface area contributed by atoms with Gasteiger partial charge in [-0.3, -0.25) is 19.7 Å². The van der Waals surface area contributed by atoms with Gasteiger partial charge in [-0.25, -0.2) is 0 Å². The standard InChI is InChI=1S/C15H13F3N2O4/c16-15(17,18)7-1-4-9(11(21)5-7)14(24)20(8-2-3-8)10-6-12(22)19-13(10)23/h1,4-5,8,10,21H,2-3,6H2,(H,19,22,23)/t10-/m1/s1. The van der Waals surface area contributed by atoms with Gasteiger partial charge in [0.05, 0.1) is 17.5 Å². The molecule has 0 unspecified atom stereocenters. The summed E-state index contributed by atoms with van der Waals surface area (Å²) in [5, 5.41) is 11.9. The minimum atomic E-state index is -4.65. The number of rotatable bonds is 3. The molecule has 2 N–H and O–H groups in total. The van der Waals surface area contributed by atoms with E-state index in [2.05, 4.69) is 5.32 Å². The van der Waals surface area contributed by atoms with Crippen molar-refractivity contribution in [1.29, 1.82) is 0 Å². The van der Waals surface area contributed by atoms with E-state index < -0.39 is 41.3 Å². The van der Waals surface area contributed by atoms with Crippen LogP contribution >= 0.6 is 0 Å². The second-order valence-electron chi connectivity index (χ2n) is 5.81. The lowest BCUT2D eigenvalue weighted by Crippen LogP contribution is -2.46. The third kappa shape index (κ3) is 2.93. The van der Waals surface area contributed by atoms with Gasteiger partial charge < -0.3 is 10.0 Å². The zero-order chi connectivity index (χ0) is 17.6. The van der Waals surface area contributed by atoms with Crippen LogP contribution in [-0.2, 0) is 15.8 Å². The number of phenolic OH excluding ortho intramolecular Hbond substituents is 1. The molecule has 3 rings (SSSR count). The first-order valence-corrected chi connectivity index (χ1v) is 7.25. The first-order chi connectivity index (χ1) is 11.2. The molecule has 128 valence electrons. The lowest BCUT2D eigenvalue weighted by molar-refractivity contribution is -0.137. The molecule has 6 nitrogen and oxygen atoms in total. The van der Waals surface area contributed by atoms with Crippen molar-refractivity contribution in [2.75, 3.05) is 0 Å². The fourth-order valence-corrected chi connectivity index (χ4v) is 2.71. The lowest BCUT2D eigenvalue weighted by atomic mass is 10.1. The molecule has 1 aliphatic carbocycles. The highest BCUT2D eigenvalue weighted by Crippen LogP contribution is 2.36. The molecule has 2 aliphatic rings. The van der Waals surface area contributed by atoms with Crippen molar-refractivity contribution in [3.63, 3.8) is 0 Å². The fourth-order valence-electron chi connectivity index (χ4n) is 2.71. The number of amides is 3. The molecule has 2 fully saturated rings. The quantitative estimate of drug-likeness (QED) is 0.814. The van der Waals surface area contributed by atoms with Crippen LogP contribution in [0.15, 0.2) is 18.2 Å². The second-order valence-corrected chi connectivity index (χ2v) is 5.81. The molecule has 3 amide bonds. The van der Waals surface area contributed by atoms with Crippen LogP contribution in [0.3, 0.4) is 0 Å². The Kier molecular flexibility index (Phi) is 3.73. The highest BCUT2D eigenvalue weighted by Gasteiger charge is 2.45. The van der Waals surface area contributed by atoms with Gasteiger partial charge in [0.2, 0.25) is 11.8 Å². The first kappa shape index (κ1) is 16.3. The number of carbonyl (C=O) groups excluding carboxylic acids is 3. The van der Waals surface area contributed by atoms with Crippen LogP contribution in [0.4, 0.5) is 13.2 Å². The normalized spacial score (nSPS) is 20.9. The van der Waals surface area contributed by atoms with Crippen LogP contribution in [0.5, 0.6) is 5.75 Å². The Hall–Kier alpha value is -2.58. The first-order valence-electron chi connectivity index (χ1n) is 7.25. The molecule has 9 heteroatoms. The molecule has 24 heavy (non-hydrogen) atoms. The number of halogens is 3. The summed E-state index contributed by atoms with van der Waals surface area (Å²) in [4.78, 5) is 37.0. The summed E-state index contributed by atoms with van der Waals surface area (Å²) in [6.07, 6.45) is -3.58.